The summed E-state index contributed by atoms with van der Waals surface area (Å²) in [4.78, 5) is 70.4. The third-order valence-electron chi connectivity index (χ3n) is 3.98. The Kier molecular flexibility index (Phi) is 10.3. The van der Waals surface area contributed by atoms with Crippen molar-refractivity contribution >= 4 is 35.8 Å². The molecule has 13 nitrogen and oxygen atoms in total. The lowest BCUT2D eigenvalue weighted by Crippen LogP contribution is -2.57. The summed E-state index contributed by atoms with van der Waals surface area (Å²) >= 11 is 0. The van der Waals surface area contributed by atoms with E-state index in [1.54, 1.807) is 0 Å². The second-order valence-corrected chi connectivity index (χ2v) is 6.78. The third kappa shape index (κ3) is 8.79. The van der Waals surface area contributed by atoms with Crippen LogP contribution in [0.2, 0.25) is 0 Å². The minimum Gasteiger partial charge on any atom is -0.475 e. The standard InChI is InChI=1S/C20H26O13/c1-9(21)28-8-16(30-11(3)23)18(32-13(5)25)19-17(31-12(4)24)14(29-10(2)22)7-15(33-19)20(26)27-6/h7,14,16-19H,8H2,1-6H3/t14-,16+,17+,18-,19+/m0/s1. The van der Waals surface area contributed by atoms with E-state index in [0.29, 0.717) is 0 Å². The summed E-state index contributed by atoms with van der Waals surface area (Å²) in [5.41, 5.74) is 0. The summed E-state index contributed by atoms with van der Waals surface area (Å²) in [5, 5.41) is 0. The number of esters is 6. The summed E-state index contributed by atoms with van der Waals surface area (Å²) in [5.74, 6) is -5.49. The first-order valence-corrected chi connectivity index (χ1v) is 9.64. The second-order valence-electron chi connectivity index (χ2n) is 6.78. The summed E-state index contributed by atoms with van der Waals surface area (Å²) in [6, 6.07) is 0. The number of carbonyl (C=O) groups excluding carboxylic acids is 6. The predicted molar refractivity (Wildman–Crippen MR) is 104 cm³/mol. The lowest BCUT2D eigenvalue weighted by atomic mass is 9.95. The zero-order chi connectivity index (χ0) is 25.3. The lowest BCUT2D eigenvalue weighted by Gasteiger charge is -2.40. The van der Waals surface area contributed by atoms with Gasteiger partial charge in [-0.15, -0.1) is 0 Å². The molecule has 0 aromatic rings. The van der Waals surface area contributed by atoms with Crippen molar-refractivity contribution in [3.63, 3.8) is 0 Å². The summed E-state index contributed by atoms with van der Waals surface area (Å²) in [7, 11) is 1.06. The highest BCUT2D eigenvalue weighted by Gasteiger charge is 2.50. The minimum atomic E-state index is -1.58. The van der Waals surface area contributed by atoms with Crippen LogP contribution in [0.4, 0.5) is 0 Å². The summed E-state index contributed by atoms with van der Waals surface area (Å²) in [6.07, 6.45) is -6.37. The minimum absolute atomic E-state index is 0.455. The van der Waals surface area contributed by atoms with Gasteiger partial charge in [0.05, 0.1) is 7.11 Å². The molecule has 0 bridgehead atoms. The van der Waals surface area contributed by atoms with E-state index in [1.165, 1.54) is 0 Å². The molecule has 0 saturated heterocycles. The number of hydrogen-bond donors (Lipinski definition) is 0. The monoisotopic (exact) mass is 474 g/mol. The Bertz CT molecular complexity index is 815. The van der Waals surface area contributed by atoms with Gasteiger partial charge in [0.1, 0.15) is 6.61 Å². The molecular formula is C20H26O13. The van der Waals surface area contributed by atoms with Gasteiger partial charge in [-0.2, -0.15) is 0 Å². The van der Waals surface area contributed by atoms with Crippen molar-refractivity contribution in [2.45, 2.75) is 65.1 Å². The van der Waals surface area contributed by atoms with Crippen LogP contribution in [0.15, 0.2) is 11.8 Å². The highest BCUT2D eigenvalue weighted by atomic mass is 16.6. The largest absolute Gasteiger partial charge is 0.475 e. The van der Waals surface area contributed by atoms with Crippen molar-refractivity contribution in [3.05, 3.63) is 11.8 Å². The molecule has 0 saturated carbocycles. The first-order chi connectivity index (χ1) is 15.3. The molecule has 184 valence electrons. The first-order valence-electron chi connectivity index (χ1n) is 9.64. The smallest absolute Gasteiger partial charge is 0.373 e. The van der Waals surface area contributed by atoms with Gasteiger partial charge in [0, 0.05) is 40.7 Å². The molecule has 0 fully saturated rings. The van der Waals surface area contributed by atoms with Gasteiger partial charge >= 0.3 is 35.8 Å². The average molecular weight is 474 g/mol. The summed E-state index contributed by atoms with van der Waals surface area (Å²) < 4.78 is 36.0. The van der Waals surface area contributed by atoms with Crippen molar-refractivity contribution in [3.8, 4) is 0 Å². The van der Waals surface area contributed by atoms with Crippen LogP contribution in [-0.2, 0) is 61.9 Å². The molecule has 1 aliphatic rings. The van der Waals surface area contributed by atoms with E-state index in [4.69, 9.17) is 28.4 Å². The van der Waals surface area contributed by atoms with E-state index in [0.717, 1.165) is 47.8 Å². The molecule has 1 aliphatic heterocycles. The molecule has 0 unspecified atom stereocenters. The molecule has 1 rings (SSSR count). The normalized spacial score (nSPS) is 21.2. The molecule has 0 N–H and O–H groups in total. The fraction of sp³-hybridized carbons (Fsp3) is 0.600. The van der Waals surface area contributed by atoms with Gasteiger partial charge in [-0.05, 0) is 0 Å². The van der Waals surface area contributed by atoms with Gasteiger partial charge in [-0.25, -0.2) is 4.79 Å². The van der Waals surface area contributed by atoms with E-state index in [-0.39, 0.29) is 0 Å². The maximum atomic E-state index is 12.2. The van der Waals surface area contributed by atoms with E-state index in [2.05, 4.69) is 4.74 Å². The Labute approximate surface area is 189 Å². The molecule has 0 aromatic carbocycles. The number of methoxy groups -OCH3 is 1. The Balaban J connectivity index is 3.58. The number of rotatable bonds is 9. The topological polar surface area (TPSA) is 167 Å². The van der Waals surface area contributed by atoms with Crippen molar-refractivity contribution in [1.29, 1.82) is 0 Å². The molecule has 0 aromatic heterocycles. The van der Waals surface area contributed by atoms with E-state index in [1.807, 2.05) is 0 Å². The van der Waals surface area contributed by atoms with Crippen LogP contribution in [0, 0.1) is 0 Å². The van der Waals surface area contributed by atoms with Crippen molar-refractivity contribution < 1.29 is 61.9 Å². The Hall–Kier alpha value is -3.64. The predicted octanol–water partition coefficient (Wildman–Crippen LogP) is -0.268. The maximum absolute atomic E-state index is 12.2. The van der Waals surface area contributed by atoms with Gasteiger partial charge in [0.15, 0.2) is 30.5 Å². The van der Waals surface area contributed by atoms with Crippen molar-refractivity contribution in [1.82, 2.24) is 0 Å². The molecule has 13 heteroatoms. The van der Waals surface area contributed by atoms with Gasteiger partial charge < -0.3 is 33.2 Å². The lowest BCUT2D eigenvalue weighted by molar-refractivity contribution is -0.209. The molecule has 33 heavy (non-hydrogen) atoms. The maximum Gasteiger partial charge on any atom is 0.373 e. The van der Waals surface area contributed by atoms with Crippen LogP contribution in [0.5, 0.6) is 0 Å². The fourth-order valence-electron chi connectivity index (χ4n) is 2.93. The third-order valence-corrected chi connectivity index (χ3v) is 3.98. The SMILES string of the molecule is COC(=O)C1=C[C@H](OC(C)=O)[C@@H](OC(C)=O)[C@H]([C@@H](OC(C)=O)[C@@H](COC(C)=O)OC(C)=O)O1. The van der Waals surface area contributed by atoms with Gasteiger partial charge in [0.2, 0.25) is 5.76 Å². The van der Waals surface area contributed by atoms with E-state index < -0.39 is 78.7 Å². The van der Waals surface area contributed by atoms with Crippen LogP contribution < -0.4 is 0 Å². The molecule has 5 atom stereocenters. The Morgan fingerprint density at radius 2 is 1.42 bits per heavy atom. The molecule has 1 heterocycles. The number of hydrogen-bond acceptors (Lipinski definition) is 13. The van der Waals surface area contributed by atoms with E-state index in [9.17, 15) is 28.8 Å². The molecule has 0 radical (unpaired) electrons. The highest BCUT2D eigenvalue weighted by molar-refractivity contribution is 5.86. The van der Waals surface area contributed by atoms with Crippen LogP contribution in [0.25, 0.3) is 0 Å². The second kappa shape index (κ2) is 12.4. The highest BCUT2D eigenvalue weighted by Crippen LogP contribution is 2.30. The molecule has 0 amide bonds. The number of ether oxygens (including phenoxy) is 7. The van der Waals surface area contributed by atoms with Crippen molar-refractivity contribution in [2.75, 3.05) is 13.7 Å². The summed E-state index contributed by atoms with van der Waals surface area (Å²) in [6.45, 7) is 4.75. The van der Waals surface area contributed by atoms with Gasteiger partial charge in [-0.1, -0.05) is 0 Å². The van der Waals surface area contributed by atoms with Crippen LogP contribution in [0.3, 0.4) is 0 Å². The average Bonchev–Trinajstić information content (AvgIpc) is 2.68. The van der Waals surface area contributed by atoms with Gasteiger partial charge in [0.25, 0.3) is 0 Å². The molecule has 0 aliphatic carbocycles. The van der Waals surface area contributed by atoms with Crippen LogP contribution in [-0.4, -0.2) is 80.1 Å². The quantitative estimate of drug-likeness (QED) is 0.317. The Morgan fingerprint density at radius 1 is 0.848 bits per heavy atom. The Morgan fingerprint density at radius 3 is 1.88 bits per heavy atom. The van der Waals surface area contributed by atoms with E-state index >= 15 is 0 Å². The van der Waals surface area contributed by atoms with Crippen LogP contribution in [0.1, 0.15) is 34.6 Å². The number of carbonyl (C=O) groups is 6. The van der Waals surface area contributed by atoms with Crippen molar-refractivity contribution in [2.24, 2.45) is 0 Å². The zero-order valence-electron chi connectivity index (χ0n) is 19.0. The first kappa shape index (κ1) is 27.4. The zero-order valence-corrected chi connectivity index (χ0v) is 19.0. The van der Waals surface area contributed by atoms with Crippen LogP contribution >= 0.6 is 0 Å². The molecule has 0 spiro atoms. The van der Waals surface area contributed by atoms with Gasteiger partial charge in [-0.3, -0.25) is 24.0 Å². The fourth-order valence-corrected chi connectivity index (χ4v) is 2.93. The molecular weight excluding hydrogens is 448 g/mol.